The molecule has 0 heterocycles. The van der Waals surface area contributed by atoms with Crippen molar-refractivity contribution in [3.8, 4) is 0 Å². The first-order valence-corrected chi connectivity index (χ1v) is 7.25. The molecule has 0 aliphatic heterocycles. The summed E-state index contributed by atoms with van der Waals surface area (Å²) in [6.07, 6.45) is 1.41. The van der Waals surface area contributed by atoms with E-state index < -0.39 is 0 Å². The van der Waals surface area contributed by atoms with E-state index in [1.54, 1.807) is 0 Å². The van der Waals surface area contributed by atoms with Gasteiger partial charge in [0.25, 0.3) is 11.8 Å². The molecular weight excluding hydrogens is 480 g/mol. The van der Waals surface area contributed by atoms with Crippen LogP contribution in [-0.2, 0) is 9.59 Å². The third kappa shape index (κ3) is 3.16. The topological polar surface area (TPSA) is 64.7 Å². The van der Waals surface area contributed by atoms with Crippen LogP contribution in [0.25, 0.3) is 0 Å². The van der Waals surface area contributed by atoms with Crippen LogP contribution in [-0.4, -0.2) is 19.9 Å². The van der Waals surface area contributed by atoms with Crippen LogP contribution >= 0.6 is 64.6 Å². The van der Waals surface area contributed by atoms with Gasteiger partial charge in [-0.2, -0.15) is 17.0 Å². The number of halogens is 4. The van der Waals surface area contributed by atoms with Crippen molar-refractivity contribution in [2.75, 3.05) is 0 Å². The van der Waals surface area contributed by atoms with Crippen LogP contribution in [0.4, 0.5) is 0 Å². The Hall–Kier alpha value is 0.780. The van der Waals surface area contributed by atoms with Crippen molar-refractivity contribution >= 4 is 76.4 Å². The maximum absolute atomic E-state index is 11.8. The molecule has 1 saturated carbocycles. The quantitative estimate of drug-likeness (QED) is 0.470. The number of hydrogen-bond acceptors (Lipinski definition) is 4. The average molecular weight is 488 g/mol. The fraction of sp³-hybridized carbons (Fsp3) is 0.667. The van der Waals surface area contributed by atoms with Gasteiger partial charge in [-0.05, 0) is 12.8 Å². The highest BCUT2D eigenvalue weighted by molar-refractivity contribution is 9.10. The molecule has 16 heavy (non-hydrogen) atoms. The Morgan fingerprint density at radius 3 is 1.44 bits per heavy atom. The van der Waals surface area contributed by atoms with Crippen LogP contribution in [0.15, 0.2) is 0 Å². The molecule has 92 valence electrons. The molecule has 2 unspecified atom stereocenters. The minimum absolute atomic E-state index is 0.183. The van der Waals surface area contributed by atoms with Crippen LogP contribution in [0.1, 0.15) is 12.8 Å². The summed E-state index contributed by atoms with van der Waals surface area (Å²) in [7, 11) is 0. The van der Waals surface area contributed by atoms with E-state index in [0.717, 1.165) is 8.07 Å². The highest BCUT2D eigenvalue weighted by Crippen LogP contribution is 2.37. The Bertz CT molecular complexity index is 264. The molecule has 2 amide bonds. The first-order valence-electron chi connectivity index (χ1n) is 4.25. The van der Waals surface area contributed by atoms with Gasteiger partial charge in [-0.1, -0.05) is 0 Å². The second kappa shape index (κ2) is 6.64. The molecule has 6 nitrogen and oxygen atoms in total. The van der Waals surface area contributed by atoms with Crippen molar-refractivity contribution < 1.29 is 9.59 Å². The Morgan fingerprint density at radius 2 is 1.25 bits per heavy atom. The van der Waals surface area contributed by atoms with Gasteiger partial charge >= 0.3 is 0 Å². The smallest absolute Gasteiger partial charge is 0.251 e. The summed E-state index contributed by atoms with van der Waals surface area (Å²) < 4.78 is 7.21. The summed E-state index contributed by atoms with van der Waals surface area (Å²) in [6, 6.07) is 0. The van der Waals surface area contributed by atoms with Crippen LogP contribution in [0.3, 0.4) is 0 Å². The van der Waals surface area contributed by atoms with Gasteiger partial charge in [0.2, 0.25) is 0 Å². The molecule has 0 spiro atoms. The largest absolute Gasteiger partial charge is 0.272 e. The maximum Gasteiger partial charge on any atom is 0.251 e. The number of carbonyl (C=O) groups excluding carboxylic acids is 2. The zero-order chi connectivity index (χ0) is 12.3. The van der Waals surface area contributed by atoms with Crippen molar-refractivity contribution in [3.63, 3.8) is 0 Å². The van der Waals surface area contributed by atoms with E-state index in [4.69, 9.17) is 0 Å². The lowest BCUT2D eigenvalue weighted by Gasteiger charge is -2.36. The van der Waals surface area contributed by atoms with E-state index in [9.17, 15) is 9.59 Å². The van der Waals surface area contributed by atoms with Crippen LogP contribution in [0.2, 0.25) is 0 Å². The van der Waals surface area contributed by atoms with Crippen molar-refractivity contribution in [3.05, 3.63) is 0 Å². The number of nitrogens with one attached hydrogen (secondary N) is 2. The Kier molecular flexibility index (Phi) is 6.16. The summed E-state index contributed by atoms with van der Waals surface area (Å²) >= 11 is 11.9. The second-order valence-electron chi connectivity index (χ2n) is 3.20. The molecule has 1 rings (SSSR count). The average Bonchev–Trinajstić information content (AvgIpc) is 2.24. The SMILES string of the molecule is O=C(C1CCC1C(=O)N(Br)NBr)N(Br)NBr. The van der Waals surface area contributed by atoms with E-state index >= 15 is 0 Å². The minimum atomic E-state index is -0.308. The van der Waals surface area contributed by atoms with Gasteiger partial charge in [0.1, 0.15) is 0 Å². The zero-order valence-electron chi connectivity index (χ0n) is 7.79. The molecule has 10 heteroatoms. The predicted molar refractivity (Wildman–Crippen MR) is 71.9 cm³/mol. The second-order valence-corrected chi connectivity index (χ2v) is 5.33. The number of hydrogen-bond donors (Lipinski definition) is 2. The highest BCUT2D eigenvalue weighted by Gasteiger charge is 2.44. The monoisotopic (exact) mass is 484 g/mol. The molecule has 0 radical (unpaired) electrons. The first kappa shape index (κ1) is 14.8. The van der Waals surface area contributed by atoms with Crippen molar-refractivity contribution in [1.82, 2.24) is 17.0 Å². The molecule has 0 bridgehead atoms. The summed E-state index contributed by atoms with van der Waals surface area (Å²) in [6.45, 7) is 0. The highest BCUT2D eigenvalue weighted by atomic mass is 79.9. The molecule has 0 aromatic rings. The lowest BCUT2D eigenvalue weighted by Crippen LogP contribution is -2.48. The number of amides is 2. The molecule has 1 aliphatic carbocycles. The molecule has 1 aliphatic rings. The predicted octanol–water partition coefficient (Wildman–Crippen LogP) is 1.92. The third-order valence-corrected chi connectivity index (χ3v) is 5.16. The summed E-state index contributed by atoms with van der Waals surface area (Å²) in [5.41, 5.74) is 0. The Morgan fingerprint density at radius 1 is 0.938 bits per heavy atom. The van der Waals surface area contributed by atoms with Gasteiger partial charge in [0.05, 0.1) is 44.1 Å². The fourth-order valence-electron chi connectivity index (χ4n) is 1.47. The minimum Gasteiger partial charge on any atom is -0.272 e. The molecule has 0 aromatic heterocycles. The number of rotatable bonds is 4. The summed E-state index contributed by atoms with van der Waals surface area (Å²) in [5, 5.41) is 0. The fourth-order valence-corrected chi connectivity index (χ4v) is 2.34. The number of carbonyl (C=O) groups is 2. The normalized spacial score (nSPS) is 23.5. The molecule has 0 aromatic carbocycles. The van der Waals surface area contributed by atoms with E-state index in [1.165, 1.54) is 0 Å². The van der Waals surface area contributed by atoms with Gasteiger partial charge in [-0.3, -0.25) is 9.59 Å². The van der Waals surface area contributed by atoms with E-state index in [0.29, 0.717) is 12.8 Å². The number of nitrogens with zero attached hydrogens (tertiary/aromatic N) is 2. The van der Waals surface area contributed by atoms with Gasteiger partial charge in [0.15, 0.2) is 0 Å². The third-order valence-electron chi connectivity index (χ3n) is 2.44. The zero-order valence-corrected chi connectivity index (χ0v) is 14.1. The standard InChI is InChI=1S/C6H8Br4N4O2/c7-11-13(9)5(15)3-1-2-4(3)6(16)14(10)12-8/h3-4,11-12H,1-2H2. The molecule has 2 N–H and O–H groups in total. The van der Waals surface area contributed by atoms with E-state index in [-0.39, 0.29) is 23.7 Å². The van der Waals surface area contributed by atoms with E-state index in [1.807, 2.05) is 0 Å². The Labute approximate surface area is 127 Å². The number of hydrazine groups is 2. The first-order chi connectivity index (χ1) is 7.52. The van der Waals surface area contributed by atoms with Crippen molar-refractivity contribution in [2.24, 2.45) is 11.8 Å². The van der Waals surface area contributed by atoms with E-state index in [2.05, 4.69) is 73.5 Å². The summed E-state index contributed by atoms with van der Waals surface area (Å²) in [4.78, 5) is 23.5. The van der Waals surface area contributed by atoms with Crippen LogP contribution in [0.5, 0.6) is 0 Å². The van der Waals surface area contributed by atoms with Gasteiger partial charge in [-0.25, -0.2) is 0 Å². The summed E-state index contributed by atoms with van der Waals surface area (Å²) in [5.74, 6) is -0.982. The van der Waals surface area contributed by atoms with Crippen LogP contribution < -0.4 is 8.90 Å². The Balaban J connectivity index is 2.59. The van der Waals surface area contributed by atoms with Crippen molar-refractivity contribution in [1.29, 1.82) is 0 Å². The maximum atomic E-state index is 11.8. The van der Waals surface area contributed by atoms with Crippen molar-refractivity contribution in [2.45, 2.75) is 12.8 Å². The van der Waals surface area contributed by atoms with Crippen LogP contribution in [0, 0.1) is 11.8 Å². The molecule has 2 atom stereocenters. The lowest BCUT2D eigenvalue weighted by atomic mass is 9.73. The lowest BCUT2D eigenvalue weighted by molar-refractivity contribution is -0.146. The van der Waals surface area contributed by atoms with Gasteiger partial charge < -0.3 is 0 Å². The molecular formula is C6H8Br4N4O2. The van der Waals surface area contributed by atoms with Gasteiger partial charge in [0, 0.05) is 32.3 Å². The molecule has 1 fully saturated rings. The van der Waals surface area contributed by atoms with Gasteiger partial charge in [-0.15, -0.1) is 0 Å². The molecule has 0 saturated heterocycles.